The quantitative estimate of drug-likeness (QED) is 0.827. The van der Waals surface area contributed by atoms with Crippen LogP contribution in [-0.2, 0) is 0 Å². The van der Waals surface area contributed by atoms with E-state index in [1.165, 1.54) is 25.9 Å². The average Bonchev–Trinajstić information content (AvgIpc) is 2.94. The molecule has 0 saturated carbocycles. The van der Waals surface area contributed by atoms with Crippen molar-refractivity contribution in [2.45, 2.75) is 18.9 Å². The molecular weight excluding hydrogens is 234 g/mol. The molecule has 2 aliphatic rings. The number of nitrogens with one attached hydrogen (secondary N) is 1. The Morgan fingerprint density at radius 3 is 2.59 bits per heavy atom. The van der Waals surface area contributed by atoms with E-state index in [0.717, 1.165) is 37.4 Å². The van der Waals surface area contributed by atoms with E-state index in [9.17, 15) is 0 Å². The highest BCUT2D eigenvalue weighted by molar-refractivity contribution is 7.13. The SMILES string of the molecule is c1nnc(N2CCC(N3CCNCC3)CC2)s1. The van der Waals surface area contributed by atoms with Gasteiger partial charge in [0.2, 0.25) is 5.13 Å². The van der Waals surface area contributed by atoms with Gasteiger partial charge in [-0.1, -0.05) is 11.3 Å². The van der Waals surface area contributed by atoms with Crippen LogP contribution in [0.3, 0.4) is 0 Å². The van der Waals surface area contributed by atoms with E-state index in [4.69, 9.17) is 0 Å². The molecule has 1 aromatic rings. The van der Waals surface area contributed by atoms with E-state index in [1.807, 2.05) is 5.51 Å². The lowest BCUT2D eigenvalue weighted by Gasteiger charge is -2.40. The predicted octanol–water partition coefficient (Wildman–Crippen LogP) is 0.412. The van der Waals surface area contributed by atoms with Crippen molar-refractivity contribution in [3.05, 3.63) is 5.51 Å². The molecule has 2 saturated heterocycles. The smallest absolute Gasteiger partial charge is 0.208 e. The Balaban J connectivity index is 1.53. The van der Waals surface area contributed by atoms with Crippen molar-refractivity contribution in [2.24, 2.45) is 0 Å². The fraction of sp³-hybridized carbons (Fsp3) is 0.818. The first-order valence-corrected chi connectivity index (χ1v) is 7.27. The minimum atomic E-state index is 0.779. The summed E-state index contributed by atoms with van der Waals surface area (Å²) >= 11 is 1.65. The molecule has 94 valence electrons. The van der Waals surface area contributed by atoms with Crippen LogP contribution in [0.15, 0.2) is 5.51 Å². The first-order chi connectivity index (χ1) is 8.43. The maximum absolute atomic E-state index is 4.15. The molecule has 2 fully saturated rings. The maximum Gasteiger partial charge on any atom is 0.208 e. The zero-order valence-electron chi connectivity index (χ0n) is 10.0. The molecule has 0 amide bonds. The van der Waals surface area contributed by atoms with E-state index in [2.05, 4.69) is 25.3 Å². The van der Waals surface area contributed by atoms with Crippen LogP contribution in [-0.4, -0.2) is 60.4 Å². The van der Waals surface area contributed by atoms with Gasteiger partial charge in [0.1, 0.15) is 5.51 Å². The molecule has 2 aliphatic heterocycles. The van der Waals surface area contributed by atoms with Crippen LogP contribution < -0.4 is 10.2 Å². The minimum Gasteiger partial charge on any atom is -0.347 e. The number of rotatable bonds is 2. The standard InChI is InChI=1S/C11H19N5S/c1-5-16(11-14-13-9-17-11)6-2-10(1)15-7-3-12-4-8-15/h9-10,12H,1-8H2. The summed E-state index contributed by atoms with van der Waals surface area (Å²) in [5, 5.41) is 12.6. The summed E-state index contributed by atoms with van der Waals surface area (Å²) in [6.07, 6.45) is 2.53. The zero-order valence-corrected chi connectivity index (χ0v) is 10.8. The van der Waals surface area contributed by atoms with Crippen molar-refractivity contribution in [1.82, 2.24) is 20.4 Å². The van der Waals surface area contributed by atoms with Crippen molar-refractivity contribution in [3.63, 3.8) is 0 Å². The number of anilines is 1. The second-order valence-corrected chi connectivity index (χ2v) is 5.54. The maximum atomic E-state index is 4.15. The third kappa shape index (κ3) is 2.59. The van der Waals surface area contributed by atoms with Crippen LogP contribution in [0.5, 0.6) is 0 Å². The molecule has 6 heteroatoms. The lowest BCUT2D eigenvalue weighted by Crippen LogP contribution is -2.52. The van der Waals surface area contributed by atoms with E-state index in [-0.39, 0.29) is 0 Å². The van der Waals surface area contributed by atoms with Crippen LogP contribution in [0.25, 0.3) is 0 Å². The van der Waals surface area contributed by atoms with Gasteiger partial charge in [0.15, 0.2) is 0 Å². The van der Waals surface area contributed by atoms with Crippen LogP contribution in [0, 0.1) is 0 Å². The molecule has 1 N–H and O–H groups in total. The molecule has 1 aromatic heterocycles. The van der Waals surface area contributed by atoms with Gasteiger partial charge in [-0.3, -0.25) is 4.90 Å². The fourth-order valence-electron chi connectivity index (χ4n) is 2.77. The molecule has 0 atom stereocenters. The summed E-state index contributed by atoms with van der Waals surface area (Å²) in [7, 11) is 0. The molecule has 3 heterocycles. The normalized spacial score (nSPS) is 24.1. The highest BCUT2D eigenvalue weighted by Gasteiger charge is 2.26. The summed E-state index contributed by atoms with van der Waals surface area (Å²) in [6.45, 7) is 6.98. The van der Waals surface area contributed by atoms with Crippen LogP contribution in [0.2, 0.25) is 0 Å². The number of hydrogen-bond donors (Lipinski definition) is 1. The Kier molecular flexibility index (Phi) is 3.54. The first-order valence-electron chi connectivity index (χ1n) is 6.39. The molecule has 0 radical (unpaired) electrons. The Labute approximate surface area is 106 Å². The number of hydrogen-bond acceptors (Lipinski definition) is 6. The van der Waals surface area contributed by atoms with E-state index in [0.29, 0.717) is 0 Å². The van der Waals surface area contributed by atoms with Gasteiger partial charge in [-0.05, 0) is 12.8 Å². The van der Waals surface area contributed by atoms with Crippen molar-refractivity contribution in [3.8, 4) is 0 Å². The van der Waals surface area contributed by atoms with Crippen LogP contribution in [0.1, 0.15) is 12.8 Å². The minimum absolute atomic E-state index is 0.779. The van der Waals surface area contributed by atoms with Gasteiger partial charge in [-0.25, -0.2) is 0 Å². The van der Waals surface area contributed by atoms with Gasteiger partial charge in [0, 0.05) is 45.3 Å². The average molecular weight is 253 g/mol. The second-order valence-electron chi connectivity index (χ2n) is 4.73. The highest BCUT2D eigenvalue weighted by atomic mass is 32.1. The predicted molar refractivity (Wildman–Crippen MR) is 69.6 cm³/mol. The number of piperazine rings is 1. The van der Waals surface area contributed by atoms with E-state index in [1.54, 1.807) is 11.3 Å². The third-order valence-corrected chi connectivity index (χ3v) is 4.50. The number of piperidine rings is 1. The van der Waals surface area contributed by atoms with Crippen molar-refractivity contribution < 1.29 is 0 Å². The topological polar surface area (TPSA) is 44.3 Å². The summed E-state index contributed by atoms with van der Waals surface area (Å²) < 4.78 is 0. The summed E-state index contributed by atoms with van der Waals surface area (Å²) in [6, 6.07) is 0.779. The molecule has 0 bridgehead atoms. The van der Waals surface area contributed by atoms with Gasteiger partial charge in [0.05, 0.1) is 0 Å². The summed E-state index contributed by atoms with van der Waals surface area (Å²) in [5.74, 6) is 0. The van der Waals surface area contributed by atoms with E-state index < -0.39 is 0 Å². The Bertz CT molecular complexity index is 328. The van der Waals surface area contributed by atoms with Crippen LogP contribution in [0.4, 0.5) is 5.13 Å². The van der Waals surface area contributed by atoms with Gasteiger partial charge in [-0.2, -0.15) is 0 Å². The second kappa shape index (κ2) is 5.29. The third-order valence-electron chi connectivity index (χ3n) is 3.75. The van der Waals surface area contributed by atoms with Gasteiger partial charge < -0.3 is 10.2 Å². The fourth-order valence-corrected chi connectivity index (χ4v) is 3.39. The lowest BCUT2D eigenvalue weighted by molar-refractivity contribution is 0.150. The molecule has 0 unspecified atom stereocenters. The molecule has 0 spiro atoms. The number of aromatic nitrogens is 2. The molecule has 5 nitrogen and oxygen atoms in total. The van der Waals surface area contributed by atoms with Crippen molar-refractivity contribution >= 4 is 16.5 Å². The van der Waals surface area contributed by atoms with Gasteiger partial charge in [0.25, 0.3) is 0 Å². The Morgan fingerprint density at radius 1 is 1.18 bits per heavy atom. The van der Waals surface area contributed by atoms with Gasteiger partial charge >= 0.3 is 0 Å². The lowest BCUT2D eigenvalue weighted by atomic mass is 10.0. The zero-order chi connectivity index (χ0) is 11.5. The Hall–Kier alpha value is -0.720. The van der Waals surface area contributed by atoms with Crippen molar-refractivity contribution in [1.29, 1.82) is 0 Å². The molecule has 3 rings (SSSR count). The summed E-state index contributed by atoms with van der Waals surface area (Å²) in [5.41, 5.74) is 1.82. The van der Waals surface area contributed by atoms with E-state index >= 15 is 0 Å². The Morgan fingerprint density at radius 2 is 1.94 bits per heavy atom. The van der Waals surface area contributed by atoms with Crippen molar-refractivity contribution in [2.75, 3.05) is 44.2 Å². The molecular formula is C11H19N5S. The summed E-state index contributed by atoms with van der Waals surface area (Å²) in [4.78, 5) is 5.02. The molecule has 0 aromatic carbocycles. The first kappa shape index (κ1) is 11.4. The molecule has 17 heavy (non-hydrogen) atoms. The largest absolute Gasteiger partial charge is 0.347 e. The molecule has 0 aliphatic carbocycles. The van der Waals surface area contributed by atoms with Gasteiger partial charge in [-0.15, -0.1) is 10.2 Å². The van der Waals surface area contributed by atoms with Crippen LogP contribution >= 0.6 is 11.3 Å². The monoisotopic (exact) mass is 253 g/mol. The number of nitrogens with zero attached hydrogens (tertiary/aromatic N) is 4. The highest BCUT2D eigenvalue weighted by Crippen LogP contribution is 2.23.